The van der Waals surface area contributed by atoms with Crippen LogP contribution in [0, 0.1) is 56.7 Å². The number of hydrogen-bond acceptors (Lipinski definition) is 2. The van der Waals surface area contributed by atoms with Gasteiger partial charge in [0, 0.05) is 17.9 Å². The predicted molar refractivity (Wildman–Crippen MR) is 141 cm³/mol. The number of carbonyl (C=O) groups excluding carboxylic acids is 1. The molecule has 9 atom stereocenters. The van der Waals surface area contributed by atoms with Crippen molar-refractivity contribution in [1.29, 1.82) is 0 Å². The van der Waals surface area contributed by atoms with E-state index in [1.807, 2.05) is 0 Å². The molecule has 0 bridgehead atoms. The lowest BCUT2D eigenvalue weighted by molar-refractivity contribution is -0.230. The Labute approximate surface area is 213 Å². The van der Waals surface area contributed by atoms with Crippen LogP contribution in [-0.4, -0.2) is 16.9 Å². The van der Waals surface area contributed by atoms with Gasteiger partial charge in [-0.25, -0.2) is 4.79 Å². The summed E-state index contributed by atoms with van der Waals surface area (Å²) < 4.78 is 0. The van der Waals surface area contributed by atoms with Gasteiger partial charge in [-0.1, -0.05) is 52.8 Å². The van der Waals surface area contributed by atoms with Crippen molar-refractivity contribution in [3.8, 4) is 0 Å². The van der Waals surface area contributed by atoms with Gasteiger partial charge in [0.2, 0.25) is 0 Å². The minimum atomic E-state index is -0.818. The van der Waals surface area contributed by atoms with E-state index >= 15 is 0 Å². The second kappa shape index (κ2) is 7.81. The Balaban J connectivity index is 1.56. The lowest BCUT2D eigenvalue weighted by Gasteiger charge is -2.72. The van der Waals surface area contributed by atoms with Crippen LogP contribution in [0.25, 0.3) is 0 Å². The molecule has 0 aliphatic heterocycles. The maximum atomic E-state index is 13.0. The van der Waals surface area contributed by atoms with E-state index in [0.717, 1.165) is 32.1 Å². The van der Waals surface area contributed by atoms with Crippen LogP contribution in [0.2, 0.25) is 0 Å². The van der Waals surface area contributed by atoms with Crippen molar-refractivity contribution >= 4 is 11.8 Å². The smallest absolute Gasteiger partial charge is 0.327 e. The van der Waals surface area contributed by atoms with E-state index in [0.29, 0.717) is 35.4 Å². The van der Waals surface area contributed by atoms with Gasteiger partial charge in [-0.05, 0) is 116 Å². The second-order valence-corrected chi connectivity index (χ2v) is 14.7. The molecule has 4 unspecified atom stereocenters. The molecular formula is C32H48O3. The molecule has 5 aliphatic rings. The van der Waals surface area contributed by atoms with Crippen LogP contribution in [0.15, 0.2) is 24.3 Å². The molecule has 5 aliphatic carbocycles. The van der Waals surface area contributed by atoms with Gasteiger partial charge in [-0.3, -0.25) is 4.79 Å². The molecule has 194 valence electrons. The summed E-state index contributed by atoms with van der Waals surface area (Å²) in [7, 11) is 0. The summed E-state index contributed by atoms with van der Waals surface area (Å²) in [6.45, 7) is 18.9. The topological polar surface area (TPSA) is 54.4 Å². The number of ketones is 1. The first-order valence-corrected chi connectivity index (χ1v) is 14.3. The van der Waals surface area contributed by atoms with Gasteiger partial charge < -0.3 is 5.11 Å². The van der Waals surface area contributed by atoms with Crippen molar-refractivity contribution in [2.75, 3.05) is 0 Å². The van der Waals surface area contributed by atoms with E-state index in [4.69, 9.17) is 0 Å². The standard InChI is InChI=1S/C32H48O3/c1-20(2)21-10-16-32(17-13-26(34)35)19-18-30(6)22(27(21)32)8-9-24-29(5)14-12-25(33)28(3,4)23(29)11-15-31(24,30)7/h13,17,21-24,27H,1,8-12,14-16,18-19H2,2-7H3,(H,34,35)/b17-13+/t21-,22?,23?,24?,27?,29-,30+,31+,32-/m0/s1. The summed E-state index contributed by atoms with van der Waals surface area (Å²) in [4.78, 5) is 24.5. The first-order valence-electron chi connectivity index (χ1n) is 14.3. The molecule has 0 spiro atoms. The molecule has 3 nitrogen and oxygen atoms in total. The molecule has 0 amide bonds. The predicted octanol–water partition coefficient (Wildman–Crippen LogP) is 7.85. The number of rotatable bonds is 3. The van der Waals surface area contributed by atoms with E-state index in [1.54, 1.807) is 0 Å². The molecule has 35 heavy (non-hydrogen) atoms. The highest BCUT2D eigenvalue weighted by Gasteiger charge is 2.70. The minimum absolute atomic E-state index is 0.00966. The Morgan fingerprint density at radius 3 is 2.29 bits per heavy atom. The molecule has 5 rings (SSSR count). The number of carboxylic acids is 1. The van der Waals surface area contributed by atoms with E-state index in [2.05, 4.69) is 54.2 Å². The van der Waals surface area contributed by atoms with Crippen molar-refractivity contribution < 1.29 is 14.7 Å². The summed E-state index contributed by atoms with van der Waals surface area (Å²) in [5.74, 6) is 2.42. The van der Waals surface area contributed by atoms with Gasteiger partial charge >= 0.3 is 5.97 Å². The number of carboxylic acid groups (broad SMARTS) is 1. The number of allylic oxidation sites excluding steroid dienone is 2. The Hall–Kier alpha value is -1.38. The first kappa shape index (κ1) is 25.3. The summed E-state index contributed by atoms with van der Waals surface area (Å²) in [6, 6.07) is 0. The highest BCUT2D eigenvalue weighted by atomic mass is 16.4. The molecule has 0 radical (unpaired) electrons. The van der Waals surface area contributed by atoms with Crippen LogP contribution in [0.4, 0.5) is 0 Å². The van der Waals surface area contributed by atoms with Crippen molar-refractivity contribution in [3.05, 3.63) is 24.3 Å². The molecule has 0 saturated heterocycles. The lowest BCUT2D eigenvalue weighted by atomic mass is 9.32. The largest absolute Gasteiger partial charge is 0.478 e. The fraction of sp³-hybridized carbons (Fsp3) is 0.812. The van der Waals surface area contributed by atoms with Gasteiger partial charge in [-0.15, -0.1) is 0 Å². The van der Waals surface area contributed by atoms with E-state index in [1.165, 1.54) is 43.8 Å². The van der Waals surface area contributed by atoms with Gasteiger partial charge in [0.05, 0.1) is 0 Å². The zero-order valence-corrected chi connectivity index (χ0v) is 23.1. The molecule has 3 heteroatoms. The third-order valence-electron chi connectivity index (χ3n) is 13.4. The molecule has 0 heterocycles. The van der Waals surface area contributed by atoms with E-state index in [9.17, 15) is 14.7 Å². The second-order valence-electron chi connectivity index (χ2n) is 14.7. The van der Waals surface area contributed by atoms with Crippen molar-refractivity contribution in [3.63, 3.8) is 0 Å². The summed E-state index contributed by atoms with van der Waals surface area (Å²) in [5.41, 5.74) is 1.85. The lowest BCUT2D eigenvalue weighted by Crippen LogP contribution is -2.66. The fourth-order valence-corrected chi connectivity index (χ4v) is 11.5. The third-order valence-corrected chi connectivity index (χ3v) is 13.4. The molecule has 1 N–H and O–H groups in total. The highest BCUT2D eigenvalue weighted by Crippen LogP contribution is 2.77. The van der Waals surface area contributed by atoms with Crippen LogP contribution in [0.1, 0.15) is 106 Å². The minimum Gasteiger partial charge on any atom is -0.478 e. The van der Waals surface area contributed by atoms with Crippen LogP contribution >= 0.6 is 0 Å². The number of aliphatic carboxylic acids is 1. The fourth-order valence-electron chi connectivity index (χ4n) is 11.5. The maximum Gasteiger partial charge on any atom is 0.327 e. The van der Waals surface area contributed by atoms with Crippen LogP contribution in [0.5, 0.6) is 0 Å². The number of carbonyl (C=O) groups is 2. The van der Waals surface area contributed by atoms with E-state index in [-0.39, 0.29) is 27.1 Å². The number of Topliss-reactive ketones (excluding diaryl/α,β-unsaturated/α-hetero) is 1. The Morgan fingerprint density at radius 2 is 1.63 bits per heavy atom. The van der Waals surface area contributed by atoms with Crippen LogP contribution in [0.3, 0.4) is 0 Å². The molecule has 0 aromatic rings. The van der Waals surface area contributed by atoms with E-state index < -0.39 is 5.97 Å². The monoisotopic (exact) mass is 480 g/mol. The zero-order chi connectivity index (χ0) is 25.6. The quantitative estimate of drug-likeness (QED) is 0.330. The van der Waals surface area contributed by atoms with Gasteiger partial charge in [0.1, 0.15) is 5.78 Å². The molecule has 0 aromatic carbocycles. The molecule has 5 fully saturated rings. The molecule has 0 aromatic heterocycles. The first-order chi connectivity index (χ1) is 16.2. The van der Waals surface area contributed by atoms with Crippen molar-refractivity contribution in [2.45, 2.75) is 106 Å². The van der Waals surface area contributed by atoms with Gasteiger partial charge in [0.25, 0.3) is 0 Å². The Kier molecular flexibility index (Phi) is 5.64. The average Bonchev–Trinajstić information content (AvgIpc) is 3.16. The summed E-state index contributed by atoms with van der Waals surface area (Å²) in [5, 5.41) is 9.49. The van der Waals surface area contributed by atoms with Gasteiger partial charge in [0.15, 0.2) is 0 Å². The van der Waals surface area contributed by atoms with Crippen molar-refractivity contribution in [2.24, 2.45) is 56.7 Å². The third kappa shape index (κ3) is 3.21. The highest BCUT2D eigenvalue weighted by molar-refractivity contribution is 5.85. The Morgan fingerprint density at radius 1 is 0.914 bits per heavy atom. The zero-order valence-electron chi connectivity index (χ0n) is 23.1. The molecular weight excluding hydrogens is 432 g/mol. The van der Waals surface area contributed by atoms with Crippen LogP contribution in [-0.2, 0) is 9.59 Å². The molecule has 5 saturated carbocycles. The average molecular weight is 481 g/mol. The Bertz CT molecular complexity index is 975. The SMILES string of the molecule is C=C(C)[C@@H]1CC[C@]2(/C=C/C(=O)O)CC[C@]3(C)C(CCC4[C@@]5(C)CCC(=O)C(C)(C)C5CC[C@]43C)C12. The summed E-state index contributed by atoms with van der Waals surface area (Å²) in [6.07, 6.45) is 14.8. The van der Waals surface area contributed by atoms with Crippen molar-refractivity contribution in [1.82, 2.24) is 0 Å². The normalized spacial score (nSPS) is 50.7. The van der Waals surface area contributed by atoms with Gasteiger partial charge in [-0.2, -0.15) is 0 Å². The summed E-state index contributed by atoms with van der Waals surface area (Å²) >= 11 is 0. The van der Waals surface area contributed by atoms with Crippen LogP contribution < -0.4 is 0 Å². The maximum absolute atomic E-state index is 13.0. The number of fused-ring (bicyclic) bond motifs is 7. The number of hydrogen-bond donors (Lipinski definition) is 1.